The molecule has 2 aromatic rings. The maximum absolute atomic E-state index is 12.9. The fourth-order valence-electron chi connectivity index (χ4n) is 4.95. The fraction of sp³-hybridized carbons (Fsp3) is 0.348. The van der Waals surface area contributed by atoms with Crippen LogP contribution >= 0.6 is 0 Å². The Labute approximate surface area is 160 Å². The third-order valence-electron chi connectivity index (χ3n) is 6.19. The number of hydrogen-bond donors (Lipinski definition) is 0. The molecule has 1 amide bonds. The number of benzene rings is 2. The molecular weight excluding hydrogens is 336 g/mol. The number of anilines is 1. The lowest BCUT2D eigenvalue weighted by Crippen LogP contribution is -2.53. The van der Waals surface area contributed by atoms with Crippen LogP contribution in [0.4, 0.5) is 5.69 Å². The van der Waals surface area contributed by atoms with Crippen molar-refractivity contribution in [1.29, 1.82) is 0 Å². The van der Waals surface area contributed by atoms with Gasteiger partial charge in [-0.1, -0.05) is 43.2 Å². The number of fused-ring (bicyclic) bond motifs is 4. The summed E-state index contributed by atoms with van der Waals surface area (Å²) in [4.78, 5) is 12.9. The van der Waals surface area contributed by atoms with Crippen LogP contribution in [0.5, 0.6) is 5.75 Å². The van der Waals surface area contributed by atoms with E-state index in [2.05, 4.69) is 52.5 Å². The van der Waals surface area contributed by atoms with Crippen LogP contribution in [0.2, 0.25) is 0 Å². The van der Waals surface area contributed by atoms with E-state index < -0.39 is 0 Å². The molecule has 1 saturated carbocycles. The van der Waals surface area contributed by atoms with Crippen molar-refractivity contribution in [3.05, 3.63) is 65.7 Å². The van der Waals surface area contributed by atoms with Gasteiger partial charge in [-0.2, -0.15) is 0 Å². The molecule has 4 heteroatoms. The first kappa shape index (κ1) is 16.4. The highest BCUT2D eigenvalue weighted by Crippen LogP contribution is 2.48. The van der Waals surface area contributed by atoms with E-state index in [0.717, 1.165) is 30.8 Å². The topological polar surface area (TPSA) is 32.8 Å². The van der Waals surface area contributed by atoms with Crippen LogP contribution in [0, 0.1) is 0 Å². The Morgan fingerprint density at radius 3 is 2.48 bits per heavy atom. The van der Waals surface area contributed by atoms with E-state index in [1.165, 1.54) is 29.5 Å². The summed E-state index contributed by atoms with van der Waals surface area (Å²) in [6.07, 6.45) is 7.37. The Hall–Kier alpha value is -2.75. The molecule has 4 nitrogen and oxygen atoms in total. The van der Waals surface area contributed by atoms with Gasteiger partial charge in [0, 0.05) is 18.5 Å². The number of carbonyl (C=O) groups is 1. The zero-order chi connectivity index (χ0) is 18.4. The predicted octanol–water partition coefficient (Wildman–Crippen LogP) is 4.41. The van der Waals surface area contributed by atoms with Crippen molar-refractivity contribution in [2.45, 2.75) is 37.6 Å². The molecule has 0 N–H and O–H groups in total. The van der Waals surface area contributed by atoms with E-state index in [4.69, 9.17) is 4.74 Å². The largest absolute Gasteiger partial charge is 0.497 e. The third kappa shape index (κ3) is 2.47. The predicted molar refractivity (Wildman–Crippen MR) is 107 cm³/mol. The summed E-state index contributed by atoms with van der Waals surface area (Å²) in [6, 6.07) is 16.8. The van der Waals surface area contributed by atoms with Crippen molar-refractivity contribution in [2.24, 2.45) is 0 Å². The van der Waals surface area contributed by atoms with Gasteiger partial charge in [0.25, 0.3) is 0 Å². The molecule has 2 heterocycles. The van der Waals surface area contributed by atoms with Gasteiger partial charge in [0.05, 0.1) is 18.3 Å². The highest BCUT2D eigenvalue weighted by atomic mass is 16.5. The van der Waals surface area contributed by atoms with Crippen LogP contribution in [-0.4, -0.2) is 30.1 Å². The van der Waals surface area contributed by atoms with Crippen LogP contribution in [0.25, 0.3) is 5.57 Å². The van der Waals surface area contributed by atoms with Crippen LogP contribution in [0.3, 0.4) is 0 Å². The average Bonchev–Trinajstić information content (AvgIpc) is 3.30. The molecule has 138 valence electrons. The summed E-state index contributed by atoms with van der Waals surface area (Å²) in [7, 11) is 1.69. The molecule has 0 bridgehead atoms. The summed E-state index contributed by atoms with van der Waals surface area (Å²) >= 11 is 0. The highest BCUT2D eigenvalue weighted by Gasteiger charge is 2.48. The van der Waals surface area contributed by atoms with Crippen molar-refractivity contribution in [3.63, 3.8) is 0 Å². The van der Waals surface area contributed by atoms with E-state index in [1.807, 2.05) is 12.1 Å². The molecule has 2 aliphatic heterocycles. The maximum atomic E-state index is 12.9. The molecule has 27 heavy (non-hydrogen) atoms. The first-order valence-electron chi connectivity index (χ1n) is 9.79. The minimum Gasteiger partial charge on any atom is -0.497 e. The second-order valence-electron chi connectivity index (χ2n) is 7.69. The molecular formula is C23H24N2O2. The third-order valence-corrected chi connectivity index (χ3v) is 6.19. The lowest BCUT2D eigenvalue weighted by Gasteiger charge is -2.41. The number of hydrogen-bond acceptors (Lipinski definition) is 3. The monoisotopic (exact) mass is 360 g/mol. The van der Waals surface area contributed by atoms with Crippen LogP contribution in [0.1, 0.15) is 43.2 Å². The number of para-hydroxylation sites is 1. The van der Waals surface area contributed by atoms with Gasteiger partial charge in [-0.05, 0) is 48.3 Å². The van der Waals surface area contributed by atoms with Gasteiger partial charge in [0.1, 0.15) is 5.75 Å². The fourth-order valence-corrected chi connectivity index (χ4v) is 4.95. The number of ether oxygens (including phenoxy) is 1. The van der Waals surface area contributed by atoms with E-state index in [-0.39, 0.29) is 11.4 Å². The van der Waals surface area contributed by atoms with Gasteiger partial charge in [-0.25, -0.2) is 5.01 Å². The van der Waals surface area contributed by atoms with Gasteiger partial charge in [-0.15, -0.1) is 0 Å². The van der Waals surface area contributed by atoms with E-state index in [1.54, 1.807) is 7.11 Å². The summed E-state index contributed by atoms with van der Waals surface area (Å²) in [6.45, 7) is 0.765. The number of hydrazine groups is 1. The second-order valence-corrected chi connectivity index (χ2v) is 7.69. The minimum absolute atomic E-state index is 0.206. The molecule has 5 rings (SSSR count). The summed E-state index contributed by atoms with van der Waals surface area (Å²) in [5.74, 6) is 1.11. The Balaban J connectivity index is 1.74. The minimum atomic E-state index is -0.206. The second kappa shape index (κ2) is 6.15. The Morgan fingerprint density at radius 2 is 1.74 bits per heavy atom. The number of rotatable bonds is 2. The van der Waals surface area contributed by atoms with Crippen molar-refractivity contribution < 1.29 is 9.53 Å². The molecule has 0 aromatic heterocycles. The van der Waals surface area contributed by atoms with Crippen LogP contribution < -0.4 is 9.75 Å². The van der Waals surface area contributed by atoms with Crippen LogP contribution in [-0.2, 0) is 4.79 Å². The summed E-state index contributed by atoms with van der Waals surface area (Å²) < 4.78 is 5.34. The summed E-state index contributed by atoms with van der Waals surface area (Å²) in [5.41, 5.74) is 4.52. The van der Waals surface area contributed by atoms with Gasteiger partial charge in [0.15, 0.2) is 0 Å². The molecule has 1 spiro atoms. The van der Waals surface area contributed by atoms with Crippen molar-refractivity contribution in [3.8, 4) is 5.75 Å². The molecule has 2 aromatic carbocycles. The average molecular weight is 360 g/mol. The van der Waals surface area contributed by atoms with Gasteiger partial charge in [-0.3, -0.25) is 9.80 Å². The standard InChI is InChI=1S/C23H24N2O2/c1-27-18-10-8-17(9-11-18)20-16-23(13-4-5-14-23)25-22(26)12-15-24(25)21-7-3-2-6-19(20)21/h2-3,6-11,16H,4-5,12-15H2,1H3. The van der Waals surface area contributed by atoms with Crippen molar-refractivity contribution >= 4 is 17.2 Å². The quantitative estimate of drug-likeness (QED) is 0.795. The van der Waals surface area contributed by atoms with Gasteiger partial charge >= 0.3 is 0 Å². The molecule has 2 fully saturated rings. The first-order chi connectivity index (χ1) is 13.2. The number of methoxy groups -OCH3 is 1. The molecule has 3 aliphatic rings. The molecule has 1 saturated heterocycles. The van der Waals surface area contributed by atoms with E-state index in [9.17, 15) is 4.79 Å². The molecule has 0 radical (unpaired) electrons. The van der Waals surface area contributed by atoms with Gasteiger partial charge in [0.2, 0.25) is 5.91 Å². The van der Waals surface area contributed by atoms with Gasteiger partial charge < -0.3 is 4.74 Å². The first-order valence-corrected chi connectivity index (χ1v) is 9.79. The summed E-state index contributed by atoms with van der Waals surface area (Å²) in [5, 5.41) is 4.31. The van der Waals surface area contributed by atoms with Crippen LogP contribution in [0.15, 0.2) is 54.6 Å². The Kier molecular flexibility index (Phi) is 3.74. The number of carbonyl (C=O) groups excluding carboxylic acids is 1. The molecule has 0 unspecified atom stereocenters. The lowest BCUT2D eigenvalue weighted by atomic mass is 9.88. The lowest BCUT2D eigenvalue weighted by molar-refractivity contribution is -0.132. The maximum Gasteiger partial charge on any atom is 0.243 e. The zero-order valence-corrected chi connectivity index (χ0v) is 15.6. The Morgan fingerprint density at radius 1 is 1.00 bits per heavy atom. The normalized spacial score (nSPS) is 20.3. The zero-order valence-electron chi connectivity index (χ0n) is 15.6. The smallest absolute Gasteiger partial charge is 0.243 e. The highest BCUT2D eigenvalue weighted by molar-refractivity contribution is 5.92. The van der Waals surface area contributed by atoms with E-state index >= 15 is 0 Å². The van der Waals surface area contributed by atoms with Crippen molar-refractivity contribution in [1.82, 2.24) is 5.01 Å². The van der Waals surface area contributed by atoms with Crippen molar-refractivity contribution in [2.75, 3.05) is 18.7 Å². The molecule has 0 atom stereocenters. The number of nitrogens with zero attached hydrogens (tertiary/aromatic N) is 2. The van der Waals surface area contributed by atoms with E-state index in [0.29, 0.717) is 6.42 Å². The molecule has 1 aliphatic carbocycles. The number of amides is 1. The Bertz CT molecular complexity index is 910. The SMILES string of the molecule is COc1ccc(C2=CC3(CCCC3)N3C(=O)CCN3c3ccccc32)cc1.